The zero-order chi connectivity index (χ0) is 14.5. The summed E-state index contributed by atoms with van der Waals surface area (Å²) in [6.07, 6.45) is 4.82. The second-order valence-corrected chi connectivity index (χ2v) is 6.22. The molecular formula is C16H23NO3. The van der Waals surface area contributed by atoms with Crippen LogP contribution < -0.4 is 4.74 Å². The molecule has 0 saturated heterocycles. The molecule has 1 saturated carbocycles. The summed E-state index contributed by atoms with van der Waals surface area (Å²) < 4.78 is 6.27. The highest BCUT2D eigenvalue weighted by Crippen LogP contribution is 2.52. The number of ether oxygens (including phenoxy) is 1. The Morgan fingerprint density at radius 3 is 2.65 bits per heavy atom. The summed E-state index contributed by atoms with van der Waals surface area (Å²) in [6, 6.07) is 1.82. The van der Waals surface area contributed by atoms with E-state index in [2.05, 4.69) is 0 Å². The molecule has 2 N–H and O–H groups in total. The van der Waals surface area contributed by atoms with Crippen LogP contribution in [0.4, 0.5) is 0 Å². The van der Waals surface area contributed by atoms with Crippen LogP contribution in [0.5, 0.6) is 11.5 Å². The molecule has 3 rings (SSSR count). The summed E-state index contributed by atoms with van der Waals surface area (Å²) in [4.78, 5) is 0. The van der Waals surface area contributed by atoms with Crippen LogP contribution in [0, 0.1) is 6.92 Å². The topological polar surface area (TPSA) is 52.9 Å². The second-order valence-electron chi connectivity index (χ2n) is 6.22. The number of benzene rings is 1. The Kier molecular flexibility index (Phi) is 3.18. The average molecular weight is 277 g/mol. The first-order valence-electron chi connectivity index (χ1n) is 7.43. The highest BCUT2D eigenvalue weighted by atomic mass is 16.5. The van der Waals surface area contributed by atoms with Crippen LogP contribution in [0.3, 0.4) is 0 Å². The van der Waals surface area contributed by atoms with Crippen molar-refractivity contribution in [3.63, 3.8) is 0 Å². The van der Waals surface area contributed by atoms with Crippen molar-refractivity contribution in [3.8, 4) is 11.5 Å². The van der Waals surface area contributed by atoms with Gasteiger partial charge in [-0.3, -0.25) is 0 Å². The Morgan fingerprint density at radius 2 is 2.15 bits per heavy atom. The van der Waals surface area contributed by atoms with Crippen molar-refractivity contribution in [2.45, 2.75) is 57.6 Å². The molecule has 1 atom stereocenters. The largest absolute Gasteiger partial charge is 0.507 e. The SMILES string of the molecule is CCc1c(O)c(C)cc2c1C(N(C)O)CC1(CCC1)O2. The van der Waals surface area contributed by atoms with Crippen LogP contribution in [0.15, 0.2) is 6.07 Å². The van der Waals surface area contributed by atoms with Gasteiger partial charge in [-0.15, -0.1) is 0 Å². The minimum Gasteiger partial charge on any atom is -0.507 e. The number of nitrogens with zero attached hydrogens (tertiary/aromatic N) is 1. The van der Waals surface area contributed by atoms with E-state index in [1.165, 1.54) is 11.5 Å². The molecule has 0 bridgehead atoms. The van der Waals surface area contributed by atoms with E-state index in [4.69, 9.17) is 4.74 Å². The molecule has 1 aliphatic heterocycles. The number of rotatable bonds is 2. The maximum atomic E-state index is 10.3. The number of hydroxylamine groups is 2. The molecule has 1 heterocycles. The number of phenolic OH excluding ortho intramolecular Hbond substituents is 1. The van der Waals surface area contributed by atoms with Crippen molar-refractivity contribution in [1.29, 1.82) is 0 Å². The minimum atomic E-state index is -0.108. The molecule has 1 aliphatic carbocycles. The monoisotopic (exact) mass is 277 g/mol. The van der Waals surface area contributed by atoms with Gasteiger partial charge in [0.2, 0.25) is 0 Å². The molecule has 1 unspecified atom stereocenters. The first-order chi connectivity index (χ1) is 9.47. The lowest BCUT2D eigenvalue weighted by molar-refractivity contribution is -0.145. The van der Waals surface area contributed by atoms with Gasteiger partial charge in [-0.2, -0.15) is 5.06 Å². The highest BCUT2D eigenvalue weighted by molar-refractivity contribution is 5.55. The summed E-state index contributed by atoms with van der Waals surface area (Å²) >= 11 is 0. The molecule has 0 amide bonds. The van der Waals surface area contributed by atoms with Crippen molar-refractivity contribution < 1.29 is 15.1 Å². The molecular weight excluding hydrogens is 254 g/mol. The number of fused-ring (bicyclic) bond motifs is 1. The van der Waals surface area contributed by atoms with E-state index in [1.54, 1.807) is 7.05 Å². The Hall–Kier alpha value is -1.26. The van der Waals surface area contributed by atoms with Gasteiger partial charge in [0, 0.05) is 24.6 Å². The van der Waals surface area contributed by atoms with Crippen LogP contribution in [0.1, 0.15) is 55.3 Å². The zero-order valence-electron chi connectivity index (χ0n) is 12.4. The van der Waals surface area contributed by atoms with Crippen LogP contribution in [0.25, 0.3) is 0 Å². The molecule has 4 nitrogen and oxygen atoms in total. The molecule has 1 aromatic carbocycles. The van der Waals surface area contributed by atoms with Gasteiger partial charge in [0.15, 0.2) is 0 Å². The summed E-state index contributed by atoms with van der Waals surface area (Å²) in [6.45, 7) is 3.93. The average Bonchev–Trinajstić information content (AvgIpc) is 2.37. The Labute approximate surface area is 119 Å². The quantitative estimate of drug-likeness (QED) is 0.814. The number of aryl methyl sites for hydroxylation is 1. The summed E-state index contributed by atoms with van der Waals surface area (Å²) in [5.41, 5.74) is 2.60. The summed E-state index contributed by atoms with van der Waals surface area (Å²) in [5.74, 6) is 1.18. The van der Waals surface area contributed by atoms with E-state index >= 15 is 0 Å². The zero-order valence-corrected chi connectivity index (χ0v) is 12.4. The third-order valence-electron chi connectivity index (χ3n) is 4.89. The maximum absolute atomic E-state index is 10.3. The van der Waals surface area contributed by atoms with Crippen LogP contribution in [-0.4, -0.2) is 28.0 Å². The van der Waals surface area contributed by atoms with Crippen LogP contribution in [-0.2, 0) is 6.42 Å². The Morgan fingerprint density at radius 1 is 1.45 bits per heavy atom. The normalized spacial score (nSPS) is 23.4. The van der Waals surface area contributed by atoms with Gasteiger partial charge in [-0.1, -0.05) is 6.92 Å². The van der Waals surface area contributed by atoms with Gasteiger partial charge in [0.1, 0.15) is 17.1 Å². The van der Waals surface area contributed by atoms with Gasteiger partial charge >= 0.3 is 0 Å². The van der Waals surface area contributed by atoms with Crippen molar-refractivity contribution in [3.05, 3.63) is 22.8 Å². The van der Waals surface area contributed by atoms with Crippen LogP contribution >= 0.6 is 0 Å². The van der Waals surface area contributed by atoms with Crippen molar-refractivity contribution in [1.82, 2.24) is 5.06 Å². The molecule has 1 fully saturated rings. The van der Waals surface area contributed by atoms with Crippen LogP contribution in [0.2, 0.25) is 0 Å². The fraction of sp³-hybridized carbons (Fsp3) is 0.625. The number of aromatic hydroxyl groups is 1. The van der Waals surface area contributed by atoms with E-state index in [1.807, 2.05) is 19.9 Å². The van der Waals surface area contributed by atoms with Crippen molar-refractivity contribution >= 4 is 0 Å². The standard InChI is InChI=1S/C16H23NO3/c1-4-11-14-12(17(3)19)9-16(6-5-7-16)20-13(14)8-10(2)15(11)18/h8,12,18-19H,4-7,9H2,1-3H3. The molecule has 4 heteroatoms. The predicted molar refractivity (Wildman–Crippen MR) is 76.3 cm³/mol. The number of hydrogen-bond acceptors (Lipinski definition) is 4. The van der Waals surface area contributed by atoms with Gasteiger partial charge < -0.3 is 15.1 Å². The predicted octanol–water partition coefficient (Wildman–Crippen LogP) is 3.33. The number of phenols is 1. The second kappa shape index (κ2) is 4.64. The fourth-order valence-corrected chi connectivity index (χ4v) is 3.59. The third-order valence-corrected chi connectivity index (χ3v) is 4.89. The maximum Gasteiger partial charge on any atom is 0.125 e. The highest BCUT2D eigenvalue weighted by Gasteiger charge is 2.47. The van der Waals surface area contributed by atoms with Gasteiger partial charge in [-0.05, 0) is 44.2 Å². The lowest BCUT2D eigenvalue weighted by Gasteiger charge is -2.49. The van der Waals surface area contributed by atoms with E-state index in [9.17, 15) is 10.3 Å². The summed E-state index contributed by atoms with van der Waals surface area (Å²) in [5, 5.41) is 21.6. The first-order valence-corrected chi connectivity index (χ1v) is 7.43. The third kappa shape index (κ3) is 1.90. The minimum absolute atomic E-state index is 0.0968. The molecule has 0 radical (unpaired) electrons. The lowest BCUT2D eigenvalue weighted by atomic mass is 9.72. The molecule has 0 aromatic heterocycles. The van der Waals surface area contributed by atoms with E-state index in [0.29, 0.717) is 5.75 Å². The lowest BCUT2D eigenvalue weighted by Crippen LogP contribution is -2.49. The first kappa shape index (κ1) is 13.7. The summed E-state index contributed by atoms with van der Waals surface area (Å²) in [7, 11) is 1.68. The fourth-order valence-electron chi connectivity index (χ4n) is 3.59. The van der Waals surface area contributed by atoms with Gasteiger partial charge in [-0.25, -0.2) is 0 Å². The molecule has 20 heavy (non-hydrogen) atoms. The molecule has 1 spiro atoms. The molecule has 110 valence electrons. The van der Waals surface area contributed by atoms with Gasteiger partial charge in [0.25, 0.3) is 0 Å². The number of hydrogen-bond donors (Lipinski definition) is 2. The van der Waals surface area contributed by atoms with E-state index in [0.717, 1.165) is 48.1 Å². The van der Waals surface area contributed by atoms with Gasteiger partial charge in [0.05, 0.1) is 6.04 Å². The van der Waals surface area contributed by atoms with E-state index < -0.39 is 0 Å². The van der Waals surface area contributed by atoms with E-state index in [-0.39, 0.29) is 11.6 Å². The Bertz CT molecular complexity index is 535. The molecule has 2 aliphatic rings. The smallest absolute Gasteiger partial charge is 0.125 e. The Balaban J connectivity index is 2.15. The molecule has 1 aromatic rings. The van der Waals surface area contributed by atoms with Crippen molar-refractivity contribution in [2.75, 3.05) is 7.05 Å². The van der Waals surface area contributed by atoms with Crippen molar-refractivity contribution in [2.24, 2.45) is 0 Å².